The third-order valence-electron chi connectivity index (χ3n) is 2.28. The third kappa shape index (κ3) is 3.31. The molecule has 0 saturated carbocycles. The molecule has 16 heavy (non-hydrogen) atoms. The summed E-state index contributed by atoms with van der Waals surface area (Å²) in [6, 6.07) is 5.61. The Labute approximate surface area is 98.2 Å². The van der Waals surface area contributed by atoms with Gasteiger partial charge in [0, 0.05) is 34.5 Å². The highest BCUT2D eigenvalue weighted by molar-refractivity contribution is 7.84. The molecule has 1 rings (SSSR count). The maximum atomic E-state index is 11.2. The van der Waals surface area contributed by atoms with Crippen molar-refractivity contribution in [2.75, 3.05) is 18.1 Å². The first-order chi connectivity index (χ1) is 7.54. The Morgan fingerprint density at radius 3 is 2.88 bits per heavy atom. The number of hydrogen-bond donors (Lipinski definition) is 1. The molecule has 0 aliphatic heterocycles. The van der Waals surface area contributed by atoms with Gasteiger partial charge in [-0.15, -0.1) is 0 Å². The summed E-state index contributed by atoms with van der Waals surface area (Å²) in [6.45, 7) is 4.31. The molecule has 1 heterocycles. The van der Waals surface area contributed by atoms with E-state index in [2.05, 4.69) is 16.4 Å². The fraction of sp³-hybridized carbons (Fsp3) is 0.455. The van der Waals surface area contributed by atoms with Crippen LogP contribution in [-0.4, -0.2) is 27.2 Å². The van der Waals surface area contributed by atoms with Gasteiger partial charge in [0.2, 0.25) is 0 Å². The number of anilines is 1. The minimum atomic E-state index is -0.871. The molecule has 5 heteroatoms. The molecule has 0 aliphatic rings. The highest BCUT2D eigenvalue weighted by atomic mass is 32.2. The first-order valence-corrected chi connectivity index (χ1v) is 6.60. The summed E-state index contributed by atoms with van der Waals surface area (Å²) >= 11 is 0. The molecule has 1 aromatic rings. The van der Waals surface area contributed by atoms with Gasteiger partial charge in [0.25, 0.3) is 0 Å². The molecule has 2 unspecified atom stereocenters. The van der Waals surface area contributed by atoms with E-state index in [0.29, 0.717) is 17.9 Å². The minimum Gasteiger partial charge on any atom is -0.368 e. The Bertz CT molecular complexity index is 439. The van der Waals surface area contributed by atoms with Crippen LogP contribution in [0.25, 0.3) is 0 Å². The molecular weight excluding hydrogens is 222 g/mol. The molecular formula is C11H15N3OS. The molecule has 2 atom stereocenters. The van der Waals surface area contributed by atoms with Crippen molar-refractivity contribution in [1.29, 1.82) is 5.26 Å². The lowest BCUT2D eigenvalue weighted by Crippen LogP contribution is -2.21. The molecule has 0 amide bonds. The van der Waals surface area contributed by atoms with E-state index in [0.717, 1.165) is 5.69 Å². The SMILES string of the molecule is Cc1ccc(C#N)c(NCC(C)S(C)=O)n1. The van der Waals surface area contributed by atoms with Gasteiger partial charge in [-0.25, -0.2) is 4.98 Å². The van der Waals surface area contributed by atoms with Crippen LogP contribution in [-0.2, 0) is 10.8 Å². The number of nitrogens with zero attached hydrogens (tertiary/aromatic N) is 2. The van der Waals surface area contributed by atoms with Crippen molar-refractivity contribution in [3.63, 3.8) is 0 Å². The van der Waals surface area contributed by atoms with E-state index in [9.17, 15) is 4.21 Å². The lowest BCUT2D eigenvalue weighted by molar-refractivity contribution is 0.678. The first-order valence-electron chi connectivity index (χ1n) is 4.98. The van der Waals surface area contributed by atoms with Gasteiger partial charge in [0.1, 0.15) is 11.9 Å². The van der Waals surface area contributed by atoms with E-state index in [1.165, 1.54) is 0 Å². The fourth-order valence-electron chi connectivity index (χ4n) is 1.14. The Kier molecular flexibility index (Phi) is 4.44. The van der Waals surface area contributed by atoms with Crippen molar-refractivity contribution >= 4 is 16.6 Å². The van der Waals surface area contributed by atoms with Gasteiger partial charge in [-0.3, -0.25) is 4.21 Å². The van der Waals surface area contributed by atoms with Crippen LogP contribution in [0.3, 0.4) is 0 Å². The van der Waals surface area contributed by atoms with Crippen LogP contribution in [0, 0.1) is 18.3 Å². The van der Waals surface area contributed by atoms with E-state index in [-0.39, 0.29) is 5.25 Å². The number of nitrogens with one attached hydrogen (secondary N) is 1. The highest BCUT2D eigenvalue weighted by Gasteiger charge is 2.08. The van der Waals surface area contributed by atoms with Gasteiger partial charge >= 0.3 is 0 Å². The van der Waals surface area contributed by atoms with E-state index in [4.69, 9.17) is 5.26 Å². The van der Waals surface area contributed by atoms with Crippen LogP contribution in [0.4, 0.5) is 5.82 Å². The largest absolute Gasteiger partial charge is 0.368 e. The quantitative estimate of drug-likeness (QED) is 0.860. The Hall–Kier alpha value is -1.41. The normalized spacial score (nSPS) is 13.9. The topological polar surface area (TPSA) is 65.8 Å². The molecule has 4 nitrogen and oxygen atoms in total. The van der Waals surface area contributed by atoms with Crippen molar-refractivity contribution in [3.8, 4) is 6.07 Å². The Morgan fingerprint density at radius 2 is 2.31 bits per heavy atom. The van der Waals surface area contributed by atoms with Gasteiger partial charge in [-0.2, -0.15) is 5.26 Å². The number of aromatic nitrogens is 1. The molecule has 0 aromatic carbocycles. The molecule has 0 radical (unpaired) electrons. The summed E-state index contributed by atoms with van der Waals surface area (Å²) in [5.41, 5.74) is 1.37. The highest BCUT2D eigenvalue weighted by Crippen LogP contribution is 2.12. The van der Waals surface area contributed by atoms with Crippen molar-refractivity contribution in [2.45, 2.75) is 19.1 Å². The van der Waals surface area contributed by atoms with Gasteiger partial charge in [-0.1, -0.05) is 0 Å². The van der Waals surface area contributed by atoms with Crippen molar-refractivity contribution in [1.82, 2.24) is 4.98 Å². The molecule has 1 N–H and O–H groups in total. The Balaban J connectivity index is 2.77. The van der Waals surface area contributed by atoms with Gasteiger partial charge in [0.15, 0.2) is 0 Å². The Morgan fingerprint density at radius 1 is 1.62 bits per heavy atom. The lowest BCUT2D eigenvalue weighted by Gasteiger charge is -2.11. The predicted molar refractivity (Wildman–Crippen MR) is 65.7 cm³/mol. The first kappa shape index (κ1) is 12.7. The second kappa shape index (κ2) is 5.61. The zero-order valence-electron chi connectivity index (χ0n) is 9.65. The average Bonchev–Trinajstić information content (AvgIpc) is 2.25. The van der Waals surface area contributed by atoms with Crippen LogP contribution in [0.2, 0.25) is 0 Å². The van der Waals surface area contributed by atoms with Crippen molar-refractivity contribution in [2.24, 2.45) is 0 Å². The molecule has 0 bridgehead atoms. The molecule has 0 aliphatic carbocycles. The van der Waals surface area contributed by atoms with Crippen LogP contribution in [0.1, 0.15) is 18.2 Å². The van der Waals surface area contributed by atoms with Gasteiger partial charge in [-0.05, 0) is 26.0 Å². The van der Waals surface area contributed by atoms with E-state index in [1.807, 2.05) is 13.8 Å². The van der Waals surface area contributed by atoms with Crippen molar-refractivity contribution in [3.05, 3.63) is 23.4 Å². The minimum absolute atomic E-state index is 0.0360. The van der Waals surface area contributed by atoms with Gasteiger partial charge < -0.3 is 5.32 Å². The third-order valence-corrected chi connectivity index (χ3v) is 3.58. The summed E-state index contributed by atoms with van der Waals surface area (Å²) in [7, 11) is -0.871. The van der Waals surface area contributed by atoms with E-state index < -0.39 is 10.8 Å². The second-order valence-electron chi connectivity index (χ2n) is 3.65. The smallest absolute Gasteiger partial charge is 0.144 e. The zero-order chi connectivity index (χ0) is 12.1. The zero-order valence-corrected chi connectivity index (χ0v) is 10.5. The van der Waals surface area contributed by atoms with E-state index >= 15 is 0 Å². The number of nitriles is 1. The fourth-order valence-corrected chi connectivity index (χ4v) is 1.46. The molecule has 0 saturated heterocycles. The number of rotatable bonds is 4. The van der Waals surface area contributed by atoms with Crippen molar-refractivity contribution < 1.29 is 4.21 Å². The summed E-state index contributed by atoms with van der Waals surface area (Å²) in [5, 5.41) is 12.0. The predicted octanol–water partition coefficient (Wildman–Crippen LogP) is 1.44. The lowest BCUT2D eigenvalue weighted by atomic mass is 10.2. The average molecular weight is 237 g/mol. The summed E-state index contributed by atoms with van der Waals surface area (Å²) in [6.07, 6.45) is 1.67. The molecule has 0 spiro atoms. The standard InChI is InChI=1S/C11H15N3OS/c1-8-4-5-10(6-12)11(14-8)13-7-9(2)16(3)15/h4-5,9H,7H2,1-3H3,(H,13,14). The van der Waals surface area contributed by atoms with Crippen LogP contribution < -0.4 is 5.32 Å². The monoisotopic (exact) mass is 237 g/mol. The van der Waals surface area contributed by atoms with E-state index in [1.54, 1.807) is 18.4 Å². The number of hydrogen-bond acceptors (Lipinski definition) is 4. The summed E-state index contributed by atoms with van der Waals surface area (Å²) in [4.78, 5) is 4.24. The van der Waals surface area contributed by atoms with Crippen LogP contribution >= 0.6 is 0 Å². The maximum Gasteiger partial charge on any atom is 0.144 e. The van der Waals surface area contributed by atoms with Gasteiger partial charge in [0.05, 0.1) is 5.56 Å². The number of pyridine rings is 1. The molecule has 1 aromatic heterocycles. The molecule has 86 valence electrons. The second-order valence-corrected chi connectivity index (χ2v) is 5.45. The molecule has 0 fully saturated rings. The number of aryl methyl sites for hydroxylation is 1. The summed E-state index contributed by atoms with van der Waals surface area (Å²) in [5.74, 6) is 0.569. The van der Waals surface area contributed by atoms with Crippen LogP contribution in [0.5, 0.6) is 0 Å². The van der Waals surface area contributed by atoms with Crippen LogP contribution in [0.15, 0.2) is 12.1 Å². The summed E-state index contributed by atoms with van der Waals surface area (Å²) < 4.78 is 11.2. The maximum absolute atomic E-state index is 11.2.